The quantitative estimate of drug-likeness (QED) is 0.288. The number of hydrogen-bond acceptors (Lipinski definition) is 6. The number of carbonyl (C=O) groups is 2. The standard InChI is InChI=1S/C32H26N2O5/c1-20-3-5-21(6-4-20)22-7-11-25(12-8-22)34-31(35)23-9-13-26(14-10-23)39-29-18-30-28(17-24(29)19-33)27(15-16-38-30)32(36)37-2/h3-14,17-18,27H,15-16H2,1-2H3,(H,34,35). The predicted octanol–water partition coefficient (Wildman–Crippen LogP) is 6.62. The zero-order chi connectivity index (χ0) is 27.4. The van der Waals surface area contributed by atoms with Gasteiger partial charge >= 0.3 is 5.97 Å². The maximum atomic E-state index is 12.8. The summed E-state index contributed by atoms with van der Waals surface area (Å²) in [7, 11) is 1.34. The number of amides is 1. The van der Waals surface area contributed by atoms with Crippen LogP contribution in [0.4, 0.5) is 5.69 Å². The molecule has 0 bridgehead atoms. The molecule has 0 fully saturated rings. The molecule has 1 N–H and O–H groups in total. The van der Waals surface area contributed by atoms with Crippen molar-refractivity contribution in [2.24, 2.45) is 0 Å². The van der Waals surface area contributed by atoms with Crippen molar-refractivity contribution in [1.82, 2.24) is 0 Å². The molecule has 4 aromatic carbocycles. The topological polar surface area (TPSA) is 97.7 Å². The first-order valence-corrected chi connectivity index (χ1v) is 12.5. The highest BCUT2D eigenvalue weighted by molar-refractivity contribution is 6.04. The Bertz CT molecular complexity index is 1550. The van der Waals surface area contributed by atoms with Crippen molar-refractivity contribution >= 4 is 17.6 Å². The number of carbonyl (C=O) groups excluding carboxylic acids is 2. The summed E-state index contributed by atoms with van der Waals surface area (Å²) in [6.07, 6.45) is 0.477. The van der Waals surface area contributed by atoms with Gasteiger partial charge in [0.15, 0.2) is 0 Å². The maximum Gasteiger partial charge on any atom is 0.313 e. The second-order valence-electron chi connectivity index (χ2n) is 9.23. The lowest BCUT2D eigenvalue weighted by Gasteiger charge is -2.25. The number of nitriles is 1. The largest absolute Gasteiger partial charge is 0.493 e. The number of ether oxygens (including phenoxy) is 3. The summed E-state index contributed by atoms with van der Waals surface area (Å²) >= 11 is 0. The third-order valence-corrected chi connectivity index (χ3v) is 6.63. The first-order chi connectivity index (χ1) is 18.9. The molecule has 0 aromatic heterocycles. The van der Waals surface area contributed by atoms with Crippen LogP contribution in [0.5, 0.6) is 17.2 Å². The Morgan fingerprint density at radius 2 is 1.62 bits per heavy atom. The van der Waals surface area contributed by atoms with Crippen LogP contribution in [0, 0.1) is 18.3 Å². The van der Waals surface area contributed by atoms with Crippen molar-refractivity contribution in [3.63, 3.8) is 0 Å². The molecule has 1 atom stereocenters. The van der Waals surface area contributed by atoms with Gasteiger partial charge in [-0.15, -0.1) is 0 Å². The van der Waals surface area contributed by atoms with E-state index < -0.39 is 5.92 Å². The van der Waals surface area contributed by atoms with E-state index in [1.807, 2.05) is 24.3 Å². The highest BCUT2D eigenvalue weighted by Gasteiger charge is 2.30. The number of esters is 1. The normalized spacial score (nSPS) is 13.8. The molecular weight excluding hydrogens is 492 g/mol. The lowest BCUT2D eigenvalue weighted by molar-refractivity contribution is -0.143. The fourth-order valence-electron chi connectivity index (χ4n) is 4.47. The fourth-order valence-corrected chi connectivity index (χ4v) is 4.47. The van der Waals surface area contributed by atoms with Crippen LogP contribution in [0.1, 0.15) is 39.4 Å². The van der Waals surface area contributed by atoms with E-state index >= 15 is 0 Å². The zero-order valence-corrected chi connectivity index (χ0v) is 21.6. The third-order valence-electron chi connectivity index (χ3n) is 6.63. The molecule has 0 saturated carbocycles. The van der Waals surface area contributed by atoms with E-state index in [9.17, 15) is 14.9 Å². The van der Waals surface area contributed by atoms with Gasteiger partial charge in [0.05, 0.1) is 25.2 Å². The molecule has 7 heteroatoms. The van der Waals surface area contributed by atoms with Crippen molar-refractivity contribution in [2.75, 3.05) is 19.0 Å². The molecule has 0 spiro atoms. The first kappa shape index (κ1) is 25.6. The molecule has 0 aliphatic carbocycles. The van der Waals surface area contributed by atoms with Crippen LogP contribution in [0.3, 0.4) is 0 Å². The molecule has 4 aromatic rings. The molecule has 194 valence electrons. The number of nitrogens with one attached hydrogen (secondary N) is 1. The Labute approximate surface area is 226 Å². The summed E-state index contributed by atoms with van der Waals surface area (Å²) in [6.45, 7) is 2.41. The van der Waals surface area contributed by atoms with Crippen molar-refractivity contribution in [3.05, 3.63) is 107 Å². The van der Waals surface area contributed by atoms with E-state index in [4.69, 9.17) is 14.2 Å². The Morgan fingerprint density at radius 1 is 0.949 bits per heavy atom. The summed E-state index contributed by atoms with van der Waals surface area (Å²) < 4.78 is 16.6. The highest BCUT2D eigenvalue weighted by Crippen LogP contribution is 2.40. The Kier molecular flexibility index (Phi) is 7.28. The number of aryl methyl sites for hydroxylation is 1. The van der Waals surface area contributed by atoms with Crippen LogP contribution < -0.4 is 14.8 Å². The van der Waals surface area contributed by atoms with Gasteiger partial charge in [-0.3, -0.25) is 9.59 Å². The van der Waals surface area contributed by atoms with E-state index in [1.54, 1.807) is 36.4 Å². The molecule has 0 saturated heterocycles. The van der Waals surface area contributed by atoms with Gasteiger partial charge in [0, 0.05) is 22.9 Å². The average molecular weight is 519 g/mol. The van der Waals surface area contributed by atoms with Gasteiger partial charge in [0.25, 0.3) is 5.91 Å². The zero-order valence-electron chi connectivity index (χ0n) is 21.6. The van der Waals surface area contributed by atoms with Crippen molar-refractivity contribution in [1.29, 1.82) is 5.26 Å². The second kappa shape index (κ2) is 11.1. The molecule has 1 aliphatic heterocycles. The van der Waals surface area contributed by atoms with E-state index in [0.29, 0.717) is 47.1 Å². The Hall–Kier alpha value is -5.09. The molecule has 39 heavy (non-hydrogen) atoms. The summed E-state index contributed by atoms with van der Waals surface area (Å²) in [5.74, 6) is 0.122. The maximum absolute atomic E-state index is 12.8. The van der Waals surface area contributed by atoms with Gasteiger partial charge in [0.2, 0.25) is 0 Å². The third kappa shape index (κ3) is 5.60. The summed E-state index contributed by atoms with van der Waals surface area (Å²) in [6, 6.07) is 27.9. The number of benzene rings is 4. The minimum absolute atomic E-state index is 0.251. The Balaban J connectivity index is 1.27. The molecular formula is C32H26N2O5. The van der Waals surface area contributed by atoms with Crippen molar-refractivity contribution < 1.29 is 23.8 Å². The minimum atomic E-state index is -0.489. The summed E-state index contributed by atoms with van der Waals surface area (Å²) in [5.41, 5.74) is 5.41. The molecule has 1 heterocycles. The molecule has 7 nitrogen and oxygen atoms in total. The number of hydrogen-bond donors (Lipinski definition) is 1. The van der Waals surface area contributed by atoms with Gasteiger partial charge in [-0.05, 0) is 66.9 Å². The van der Waals surface area contributed by atoms with Crippen LogP contribution in [0.15, 0.2) is 84.9 Å². The van der Waals surface area contributed by atoms with Gasteiger partial charge in [0.1, 0.15) is 23.3 Å². The molecule has 5 rings (SSSR count). The number of methoxy groups -OCH3 is 1. The molecule has 0 radical (unpaired) electrons. The molecule has 1 unspecified atom stereocenters. The van der Waals surface area contributed by atoms with E-state index in [1.165, 1.54) is 12.7 Å². The van der Waals surface area contributed by atoms with Crippen molar-refractivity contribution in [2.45, 2.75) is 19.3 Å². The van der Waals surface area contributed by atoms with Gasteiger partial charge in [-0.25, -0.2) is 0 Å². The predicted molar refractivity (Wildman–Crippen MR) is 147 cm³/mol. The number of fused-ring (bicyclic) bond motifs is 1. The van der Waals surface area contributed by atoms with Crippen LogP contribution in [0.2, 0.25) is 0 Å². The van der Waals surface area contributed by atoms with Gasteiger partial charge in [-0.1, -0.05) is 42.0 Å². The summed E-state index contributed by atoms with van der Waals surface area (Å²) in [4.78, 5) is 25.0. The van der Waals surface area contributed by atoms with E-state index in [0.717, 1.165) is 11.1 Å². The van der Waals surface area contributed by atoms with Gasteiger partial charge in [-0.2, -0.15) is 5.26 Å². The Morgan fingerprint density at radius 3 is 2.26 bits per heavy atom. The first-order valence-electron chi connectivity index (χ1n) is 12.5. The van der Waals surface area contributed by atoms with Crippen LogP contribution in [0.25, 0.3) is 11.1 Å². The number of rotatable bonds is 6. The average Bonchev–Trinajstić information content (AvgIpc) is 2.97. The monoisotopic (exact) mass is 518 g/mol. The lowest BCUT2D eigenvalue weighted by atomic mass is 9.91. The highest BCUT2D eigenvalue weighted by atomic mass is 16.5. The van der Waals surface area contributed by atoms with Crippen LogP contribution >= 0.6 is 0 Å². The van der Waals surface area contributed by atoms with Crippen molar-refractivity contribution in [3.8, 4) is 34.4 Å². The molecule has 1 amide bonds. The van der Waals surface area contributed by atoms with E-state index in [2.05, 4.69) is 42.6 Å². The van der Waals surface area contributed by atoms with E-state index in [-0.39, 0.29) is 17.4 Å². The number of nitrogens with zero attached hydrogens (tertiary/aromatic N) is 1. The smallest absolute Gasteiger partial charge is 0.313 e. The second-order valence-corrected chi connectivity index (χ2v) is 9.23. The molecule has 1 aliphatic rings. The minimum Gasteiger partial charge on any atom is -0.493 e. The van der Waals surface area contributed by atoms with Gasteiger partial charge < -0.3 is 19.5 Å². The SMILES string of the molecule is COC(=O)C1CCOc2cc(Oc3ccc(C(=O)Nc4ccc(-c5ccc(C)cc5)cc4)cc3)c(C#N)cc21. The lowest BCUT2D eigenvalue weighted by Crippen LogP contribution is -2.22. The summed E-state index contributed by atoms with van der Waals surface area (Å²) in [5, 5.41) is 12.6. The number of anilines is 1. The van der Waals surface area contributed by atoms with Crippen LogP contribution in [-0.2, 0) is 9.53 Å². The fraction of sp³-hybridized carbons (Fsp3) is 0.156. The van der Waals surface area contributed by atoms with Crippen LogP contribution in [-0.4, -0.2) is 25.6 Å².